The van der Waals surface area contributed by atoms with Crippen molar-refractivity contribution in [2.24, 2.45) is 23.9 Å². The van der Waals surface area contributed by atoms with Gasteiger partial charge < -0.3 is 10.2 Å². The SMILES string of the molecule is CCNC(=NCCCc1cnn(C)c1)N1CC(C)CC(C)C1. The zero-order valence-corrected chi connectivity index (χ0v) is 14.5. The van der Waals surface area contributed by atoms with Crippen LogP contribution in [0.3, 0.4) is 0 Å². The highest BCUT2D eigenvalue weighted by atomic mass is 15.3. The van der Waals surface area contributed by atoms with E-state index in [2.05, 4.69) is 42.3 Å². The predicted molar refractivity (Wildman–Crippen MR) is 92.0 cm³/mol. The molecule has 1 aromatic heterocycles. The lowest BCUT2D eigenvalue weighted by Gasteiger charge is -2.37. The van der Waals surface area contributed by atoms with Crippen LogP contribution in [0.2, 0.25) is 0 Å². The van der Waals surface area contributed by atoms with E-state index < -0.39 is 0 Å². The molecule has 0 amide bonds. The summed E-state index contributed by atoms with van der Waals surface area (Å²) >= 11 is 0. The van der Waals surface area contributed by atoms with Crippen molar-refractivity contribution >= 4 is 5.96 Å². The molecule has 0 radical (unpaired) electrons. The van der Waals surface area contributed by atoms with Crippen molar-refractivity contribution in [2.75, 3.05) is 26.2 Å². The molecule has 1 saturated heterocycles. The normalized spacial score (nSPS) is 22.9. The molecule has 0 aliphatic carbocycles. The van der Waals surface area contributed by atoms with Gasteiger partial charge in [-0.25, -0.2) is 0 Å². The van der Waals surface area contributed by atoms with Crippen LogP contribution in [-0.2, 0) is 13.5 Å². The minimum Gasteiger partial charge on any atom is -0.357 e. The second-order valence-electron chi connectivity index (χ2n) is 6.71. The van der Waals surface area contributed by atoms with Crippen molar-refractivity contribution in [3.05, 3.63) is 18.0 Å². The van der Waals surface area contributed by atoms with E-state index in [1.165, 1.54) is 12.0 Å². The number of guanidine groups is 1. The number of aliphatic imine (C=N–C) groups is 1. The first-order valence-corrected chi connectivity index (χ1v) is 8.59. The summed E-state index contributed by atoms with van der Waals surface area (Å²) in [6, 6.07) is 0. The Morgan fingerprint density at radius 2 is 2.09 bits per heavy atom. The van der Waals surface area contributed by atoms with Crippen molar-refractivity contribution in [3.8, 4) is 0 Å². The van der Waals surface area contributed by atoms with Gasteiger partial charge in [0, 0.05) is 39.4 Å². The Hall–Kier alpha value is -1.52. The van der Waals surface area contributed by atoms with E-state index in [9.17, 15) is 0 Å². The number of nitrogens with one attached hydrogen (secondary N) is 1. The number of hydrogen-bond acceptors (Lipinski definition) is 2. The number of aryl methyl sites for hydroxylation is 2. The molecule has 2 atom stereocenters. The summed E-state index contributed by atoms with van der Waals surface area (Å²) in [5.41, 5.74) is 1.29. The summed E-state index contributed by atoms with van der Waals surface area (Å²) < 4.78 is 1.86. The van der Waals surface area contributed by atoms with Gasteiger partial charge in [-0.3, -0.25) is 9.67 Å². The molecule has 124 valence electrons. The molecule has 2 heterocycles. The summed E-state index contributed by atoms with van der Waals surface area (Å²) in [6.07, 6.45) is 7.48. The molecule has 5 heteroatoms. The van der Waals surface area contributed by atoms with E-state index in [4.69, 9.17) is 4.99 Å². The molecule has 0 bridgehead atoms. The van der Waals surface area contributed by atoms with Crippen LogP contribution in [0.1, 0.15) is 39.2 Å². The lowest BCUT2D eigenvalue weighted by molar-refractivity contribution is 0.208. The molecule has 1 N–H and O–H groups in total. The average molecular weight is 305 g/mol. The Morgan fingerprint density at radius 1 is 1.36 bits per heavy atom. The smallest absolute Gasteiger partial charge is 0.193 e. The van der Waals surface area contributed by atoms with Crippen molar-refractivity contribution in [3.63, 3.8) is 0 Å². The third-order valence-corrected chi connectivity index (χ3v) is 4.15. The van der Waals surface area contributed by atoms with Gasteiger partial charge >= 0.3 is 0 Å². The summed E-state index contributed by atoms with van der Waals surface area (Å²) in [4.78, 5) is 7.27. The van der Waals surface area contributed by atoms with Crippen LogP contribution in [0.5, 0.6) is 0 Å². The van der Waals surface area contributed by atoms with Gasteiger partial charge in [-0.15, -0.1) is 0 Å². The monoisotopic (exact) mass is 305 g/mol. The third-order valence-electron chi connectivity index (χ3n) is 4.15. The highest BCUT2D eigenvalue weighted by molar-refractivity contribution is 5.80. The van der Waals surface area contributed by atoms with E-state index in [-0.39, 0.29) is 0 Å². The van der Waals surface area contributed by atoms with Crippen LogP contribution in [0.25, 0.3) is 0 Å². The Bertz CT molecular complexity index is 469. The van der Waals surface area contributed by atoms with Crippen LogP contribution in [0.15, 0.2) is 17.4 Å². The minimum atomic E-state index is 0.753. The van der Waals surface area contributed by atoms with E-state index in [1.807, 2.05) is 17.9 Å². The fraction of sp³-hybridized carbons (Fsp3) is 0.765. The van der Waals surface area contributed by atoms with Crippen molar-refractivity contribution in [2.45, 2.75) is 40.0 Å². The van der Waals surface area contributed by atoms with Crippen LogP contribution in [0, 0.1) is 11.8 Å². The lowest BCUT2D eigenvalue weighted by atomic mass is 9.92. The summed E-state index contributed by atoms with van der Waals surface area (Å²) in [6.45, 7) is 10.9. The van der Waals surface area contributed by atoms with Gasteiger partial charge in [0.25, 0.3) is 0 Å². The molecule has 0 spiro atoms. The largest absolute Gasteiger partial charge is 0.357 e. The van der Waals surface area contributed by atoms with Crippen LogP contribution >= 0.6 is 0 Å². The molecule has 2 unspecified atom stereocenters. The number of hydrogen-bond donors (Lipinski definition) is 1. The molecule has 1 aliphatic heterocycles. The van der Waals surface area contributed by atoms with Crippen LogP contribution in [-0.4, -0.2) is 46.8 Å². The zero-order valence-electron chi connectivity index (χ0n) is 14.5. The van der Waals surface area contributed by atoms with E-state index >= 15 is 0 Å². The molecule has 2 rings (SSSR count). The molecule has 1 fully saturated rings. The van der Waals surface area contributed by atoms with E-state index in [0.29, 0.717) is 0 Å². The highest BCUT2D eigenvalue weighted by Crippen LogP contribution is 2.20. The summed E-state index contributed by atoms with van der Waals surface area (Å²) in [5, 5.41) is 7.67. The standard InChI is InChI=1S/C17H31N5/c1-5-18-17(22-11-14(2)9-15(3)12-22)19-8-6-7-16-10-20-21(4)13-16/h10,13-15H,5-9,11-12H2,1-4H3,(H,18,19). The molecule has 0 aromatic carbocycles. The Kier molecular flexibility index (Phi) is 6.28. The van der Waals surface area contributed by atoms with Gasteiger partial charge in [-0.05, 0) is 43.6 Å². The van der Waals surface area contributed by atoms with E-state index in [1.54, 1.807) is 0 Å². The topological polar surface area (TPSA) is 45.5 Å². The number of likely N-dealkylation sites (tertiary alicyclic amines) is 1. The Labute approximate surface area is 134 Å². The maximum atomic E-state index is 4.83. The van der Waals surface area contributed by atoms with Gasteiger partial charge in [-0.1, -0.05) is 13.8 Å². The summed E-state index contributed by atoms with van der Waals surface area (Å²) in [5.74, 6) is 2.60. The first-order valence-electron chi connectivity index (χ1n) is 8.59. The average Bonchev–Trinajstić information content (AvgIpc) is 2.87. The van der Waals surface area contributed by atoms with Gasteiger partial charge in [0.2, 0.25) is 0 Å². The van der Waals surface area contributed by atoms with E-state index in [0.717, 1.165) is 56.8 Å². The fourth-order valence-corrected chi connectivity index (χ4v) is 3.33. The van der Waals surface area contributed by atoms with Crippen molar-refractivity contribution < 1.29 is 0 Å². The molecule has 0 saturated carbocycles. The van der Waals surface area contributed by atoms with Gasteiger partial charge in [0.15, 0.2) is 5.96 Å². The maximum absolute atomic E-state index is 4.83. The highest BCUT2D eigenvalue weighted by Gasteiger charge is 2.23. The zero-order chi connectivity index (χ0) is 15.9. The van der Waals surface area contributed by atoms with Gasteiger partial charge in [-0.2, -0.15) is 5.10 Å². The molecule has 1 aliphatic rings. The molecular formula is C17H31N5. The summed E-state index contributed by atoms with van der Waals surface area (Å²) in [7, 11) is 1.96. The van der Waals surface area contributed by atoms with Crippen molar-refractivity contribution in [1.82, 2.24) is 20.0 Å². The Morgan fingerprint density at radius 3 is 2.68 bits per heavy atom. The number of rotatable bonds is 5. The molecule has 1 aromatic rings. The fourth-order valence-electron chi connectivity index (χ4n) is 3.33. The van der Waals surface area contributed by atoms with Gasteiger partial charge in [0.05, 0.1) is 6.20 Å². The lowest BCUT2D eigenvalue weighted by Crippen LogP contribution is -2.48. The third kappa shape index (κ3) is 5.04. The molecule has 5 nitrogen and oxygen atoms in total. The Balaban J connectivity index is 1.86. The number of aromatic nitrogens is 2. The van der Waals surface area contributed by atoms with Gasteiger partial charge in [0.1, 0.15) is 0 Å². The molecule has 22 heavy (non-hydrogen) atoms. The second-order valence-corrected chi connectivity index (χ2v) is 6.71. The van der Waals surface area contributed by atoms with Crippen LogP contribution in [0.4, 0.5) is 0 Å². The van der Waals surface area contributed by atoms with Crippen molar-refractivity contribution in [1.29, 1.82) is 0 Å². The predicted octanol–water partition coefficient (Wildman–Crippen LogP) is 2.30. The second kappa shape index (κ2) is 8.20. The minimum absolute atomic E-state index is 0.753. The number of piperidine rings is 1. The number of nitrogens with zero attached hydrogens (tertiary/aromatic N) is 4. The first kappa shape index (κ1) is 16.8. The quantitative estimate of drug-likeness (QED) is 0.516. The maximum Gasteiger partial charge on any atom is 0.193 e. The molecular weight excluding hydrogens is 274 g/mol. The first-order chi connectivity index (χ1) is 10.6. The van der Waals surface area contributed by atoms with Crippen LogP contribution < -0.4 is 5.32 Å².